The number of carbonyl (C=O) groups excluding carboxylic acids is 1. The van der Waals surface area contributed by atoms with E-state index in [1.807, 2.05) is 6.92 Å². The van der Waals surface area contributed by atoms with E-state index in [0.29, 0.717) is 27.2 Å². The average Bonchev–Trinajstić information content (AvgIpc) is 2.91. The summed E-state index contributed by atoms with van der Waals surface area (Å²) >= 11 is 12.5. The van der Waals surface area contributed by atoms with E-state index in [4.69, 9.17) is 33.7 Å². The summed E-state index contributed by atoms with van der Waals surface area (Å²) in [5.41, 5.74) is 6.49. The Bertz CT molecular complexity index is 687. The van der Waals surface area contributed by atoms with Gasteiger partial charge >= 0.3 is 0 Å². The van der Waals surface area contributed by atoms with Gasteiger partial charge in [-0.15, -0.1) is 0 Å². The molecule has 0 bridgehead atoms. The van der Waals surface area contributed by atoms with Crippen molar-refractivity contribution >= 4 is 34.8 Å². The Morgan fingerprint density at radius 2 is 2.18 bits per heavy atom. The fourth-order valence-electron chi connectivity index (χ4n) is 1.87. The number of hydrogen-bond acceptors (Lipinski definition) is 4. The molecule has 1 aromatic carbocycles. The predicted molar refractivity (Wildman–Crippen MR) is 86.6 cm³/mol. The van der Waals surface area contributed by atoms with Crippen LogP contribution in [-0.4, -0.2) is 29.5 Å². The van der Waals surface area contributed by atoms with Gasteiger partial charge in [0.25, 0.3) is 0 Å². The maximum atomic E-state index is 11.7. The fourth-order valence-corrected chi connectivity index (χ4v) is 2.48. The number of aromatic amines is 1. The Balaban J connectivity index is 2.25. The van der Waals surface area contributed by atoms with Crippen molar-refractivity contribution in [3.63, 3.8) is 0 Å². The molecule has 1 aromatic heterocycles. The quantitative estimate of drug-likeness (QED) is 0.874. The zero-order valence-corrected chi connectivity index (χ0v) is 13.7. The molecule has 0 aliphatic heterocycles. The van der Waals surface area contributed by atoms with Gasteiger partial charge in [-0.05, 0) is 19.1 Å². The number of nitrogens with two attached hydrogens (primary N) is 1. The molecule has 0 fully saturated rings. The van der Waals surface area contributed by atoms with Gasteiger partial charge in [0, 0.05) is 17.6 Å². The van der Waals surface area contributed by atoms with Crippen molar-refractivity contribution in [2.45, 2.75) is 13.5 Å². The monoisotopic (exact) mass is 342 g/mol. The van der Waals surface area contributed by atoms with Gasteiger partial charge in [-0.25, -0.2) is 4.98 Å². The smallest absolute Gasteiger partial charge is 0.240 e. The lowest BCUT2D eigenvalue weighted by atomic mass is 10.2. The highest BCUT2D eigenvalue weighted by molar-refractivity contribution is 6.38. The molecular formula is C14H16Cl2N4O2. The van der Waals surface area contributed by atoms with Crippen LogP contribution in [0.5, 0.6) is 5.88 Å². The lowest BCUT2D eigenvalue weighted by Gasteiger charge is -2.20. The number of rotatable bonds is 5. The van der Waals surface area contributed by atoms with E-state index in [1.54, 1.807) is 25.4 Å². The van der Waals surface area contributed by atoms with Crippen LogP contribution in [0, 0.1) is 6.92 Å². The molecule has 1 heterocycles. The molecule has 6 nitrogen and oxygen atoms in total. The molecule has 0 saturated heterocycles. The third kappa shape index (κ3) is 3.52. The van der Waals surface area contributed by atoms with Crippen molar-refractivity contribution in [3.8, 4) is 5.88 Å². The highest BCUT2D eigenvalue weighted by Crippen LogP contribution is 2.34. The molecule has 0 radical (unpaired) electrons. The van der Waals surface area contributed by atoms with Crippen LogP contribution < -0.4 is 15.4 Å². The SMILES string of the molecule is Cc1ncc(OCc2c(Cl)ccc(N(C)C(=O)CN)c2Cl)[nH]1. The number of aryl methyl sites for hydroxylation is 1. The molecule has 118 valence electrons. The molecule has 0 atom stereocenters. The van der Waals surface area contributed by atoms with E-state index in [9.17, 15) is 4.79 Å². The van der Waals surface area contributed by atoms with Crippen LogP contribution >= 0.6 is 23.2 Å². The van der Waals surface area contributed by atoms with Crippen LogP contribution in [0.4, 0.5) is 5.69 Å². The molecule has 0 aliphatic carbocycles. The first-order valence-electron chi connectivity index (χ1n) is 6.52. The molecular weight excluding hydrogens is 327 g/mol. The number of hydrogen-bond donors (Lipinski definition) is 2. The van der Waals surface area contributed by atoms with Crippen molar-refractivity contribution in [2.24, 2.45) is 5.73 Å². The predicted octanol–water partition coefficient (Wildman–Crippen LogP) is 2.53. The van der Waals surface area contributed by atoms with Crippen molar-refractivity contribution in [3.05, 3.63) is 39.8 Å². The number of carbonyl (C=O) groups is 1. The van der Waals surface area contributed by atoms with E-state index in [0.717, 1.165) is 5.82 Å². The van der Waals surface area contributed by atoms with E-state index in [2.05, 4.69) is 9.97 Å². The molecule has 22 heavy (non-hydrogen) atoms. The van der Waals surface area contributed by atoms with Gasteiger partial charge in [0.2, 0.25) is 11.8 Å². The Kier molecular flexibility index (Phi) is 5.28. The highest BCUT2D eigenvalue weighted by Gasteiger charge is 2.17. The third-order valence-corrected chi connectivity index (χ3v) is 3.90. The second-order valence-electron chi connectivity index (χ2n) is 4.64. The zero-order chi connectivity index (χ0) is 16.3. The second kappa shape index (κ2) is 7.00. The lowest BCUT2D eigenvalue weighted by Crippen LogP contribution is -2.32. The summed E-state index contributed by atoms with van der Waals surface area (Å²) in [5.74, 6) is 1.01. The average molecular weight is 343 g/mol. The van der Waals surface area contributed by atoms with Crippen LogP contribution in [0.15, 0.2) is 18.3 Å². The maximum Gasteiger partial charge on any atom is 0.240 e. The number of aromatic nitrogens is 2. The lowest BCUT2D eigenvalue weighted by molar-refractivity contribution is -0.117. The number of H-pyrrole nitrogens is 1. The minimum Gasteiger partial charge on any atom is -0.473 e. The van der Waals surface area contributed by atoms with Gasteiger partial charge in [-0.1, -0.05) is 23.2 Å². The normalized spacial score (nSPS) is 10.6. The van der Waals surface area contributed by atoms with Gasteiger partial charge in [-0.2, -0.15) is 0 Å². The number of anilines is 1. The first-order valence-corrected chi connectivity index (χ1v) is 7.27. The van der Waals surface area contributed by atoms with Crippen molar-refractivity contribution in [2.75, 3.05) is 18.5 Å². The molecule has 8 heteroatoms. The van der Waals surface area contributed by atoms with Crippen LogP contribution in [0.3, 0.4) is 0 Å². The maximum absolute atomic E-state index is 11.7. The number of ether oxygens (including phenoxy) is 1. The number of likely N-dealkylation sites (N-methyl/N-ethyl adjacent to an activating group) is 1. The van der Waals surface area contributed by atoms with Crippen LogP contribution in [0.2, 0.25) is 10.0 Å². The summed E-state index contributed by atoms with van der Waals surface area (Å²) in [7, 11) is 1.60. The van der Waals surface area contributed by atoms with Crippen molar-refractivity contribution in [1.82, 2.24) is 9.97 Å². The van der Waals surface area contributed by atoms with Gasteiger partial charge in [-0.3, -0.25) is 4.79 Å². The Morgan fingerprint density at radius 1 is 1.45 bits per heavy atom. The summed E-state index contributed by atoms with van der Waals surface area (Å²) in [6, 6.07) is 3.34. The summed E-state index contributed by atoms with van der Waals surface area (Å²) < 4.78 is 5.58. The highest BCUT2D eigenvalue weighted by atomic mass is 35.5. The van der Waals surface area contributed by atoms with E-state index in [1.165, 1.54) is 4.90 Å². The summed E-state index contributed by atoms with van der Waals surface area (Å²) in [6.07, 6.45) is 1.57. The molecule has 3 N–H and O–H groups in total. The summed E-state index contributed by atoms with van der Waals surface area (Å²) in [4.78, 5) is 20.1. The standard InChI is InChI=1S/C14H16Cl2N4O2/c1-8-18-6-12(19-8)22-7-9-10(15)3-4-11(14(9)16)20(2)13(21)5-17/h3-4,6H,5,7,17H2,1-2H3,(H,18,19). The minimum atomic E-state index is -0.250. The molecule has 0 aliphatic rings. The summed E-state index contributed by atoms with van der Waals surface area (Å²) in [6.45, 7) is 1.87. The second-order valence-corrected chi connectivity index (χ2v) is 5.42. The van der Waals surface area contributed by atoms with E-state index < -0.39 is 0 Å². The number of halogens is 2. The fraction of sp³-hybridized carbons (Fsp3) is 0.286. The largest absolute Gasteiger partial charge is 0.473 e. The topological polar surface area (TPSA) is 84.2 Å². The van der Waals surface area contributed by atoms with E-state index in [-0.39, 0.29) is 19.1 Å². The molecule has 2 aromatic rings. The molecule has 0 saturated carbocycles. The number of benzene rings is 1. The van der Waals surface area contributed by atoms with Gasteiger partial charge in [0.1, 0.15) is 12.4 Å². The zero-order valence-electron chi connectivity index (χ0n) is 12.2. The Morgan fingerprint density at radius 3 is 2.77 bits per heavy atom. The first kappa shape index (κ1) is 16.6. The third-order valence-electron chi connectivity index (χ3n) is 3.13. The van der Waals surface area contributed by atoms with Crippen molar-refractivity contribution < 1.29 is 9.53 Å². The molecule has 0 spiro atoms. The van der Waals surface area contributed by atoms with Crippen LogP contribution in [0.25, 0.3) is 0 Å². The number of imidazole rings is 1. The molecule has 0 unspecified atom stereocenters. The summed E-state index contributed by atoms with van der Waals surface area (Å²) in [5, 5.41) is 0.812. The Hall–Kier alpha value is -1.76. The van der Waals surface area contributed by atoms with Crippen LogP contribution in [-0.2, 0) is 11.4 Å². The minimum absolute atomic E-state index is 0.102. The molecule has 1 amide bonds. The Labute approximate surface area is 138 Å². The van der Waals surface area contributed by atoms with Gasteiger partial charge in [0.05, 0.1) is 23.5 Å². The van der Waals surface area contributed by atoms with E-state index >= 15 is 0 Å². The van der Waals surface area contributed by atoms with Crippen LogP contribution in [0.1, 0.15) is 11.4 Å². The first-order chi connectivity index (χ1) is 10.4. The molecule has 2 rings (SSSR count). The number of nitrogens with zero attached hydrogens (tertiary/aromatic N) is 2. The van der Waals surface area contributed by atoms with Gasteiger partial charge < -0.3 is 20.4 Å². The number of nitrogens with one attached hydrogen (secondary N) is 1. The van der Waals surface area contributed by atoms with Gasteiger partial charge in [0.15, 0.2) is 0 Å². The number of amides is 1. The van der Waals surface area contributed by atoms with Crippen molar-refractivity contribution in [1.29, 1.82) is 0 Å².